The summed E-state index contributed by atoms with van der Waals surface area (Å²) in [5.74, 6) is 0.1000. The summed E-state index contributed by atoms with van der Waals surface area (Å²) in [6.07, 6.45) is 1.85. The van der Waals surface area contributed by atoms with Gasteiger partial charge in [-0.1, -0.05) is 13.8 Å². The standard InChI is InChI=1S/C9H19NO3S/c1-9(2,7-10)8(11)5-4-6-14(3,12)13/h4-7,10H2,1-3H3. The van der Waals surface area contributed by atoms with E-state index in [2.05, 4.69) is 0 Å². The maximum atomic E-state index is 11.5. The first-order valence-electron chi connectivity index (χ1n) is 4.60. The molecular weight excluding hydrogens is 202 g/mol. The van der Waals surface area contributed by atoms with Gasteiger partial charge in [-0.15, -0.1) is 0 Å². The summed E-state index contributed by atoms with van der Waals surface area (Å²) >= 11 is 0. The van der Waals surface area contributed by atoms with Crippen LogP contribution in [0.2, 0.25) is 0 Å². The van der Waals surface area contributed by atoms with Crippen molar-refractivity contribution in [2.24, 2.45) is 11.1 Å². The molecule has 0 atom stereocenters. The molecule has 0 aliphatic heterocycles. The monoisotopic (exact) mass is 221 g/mol. The number of sulfone groups is 1. The van der Waals surface area contributed by atoms with Gasteiger partial charge in [0, 0.05) is 24.6 Å². The van der Waals surface area contributed by atoms with Crippen molar-refractivity contribution in [3.8, 4) is 0 Å². The first-order valence-corrected chi connectivity index (χ1v) is 6.66. The fraction of sp³-hybridized carbons (Fsp3) is 0.889. The van der Waals surface area contributed by atoms with E-state index in [0.717, 1.165) is 0 Å². The van der Waals surface area contributed by atoms with E-state index < -0.39 is 15.3 Å². The van der Waals surface area contributed by atoms with Gasteiger partial charge in [-0.2, -0.15) is 0 Å². The molecule has 0 aromatic carbocycles. The molecule has 0 saturated carbocycles. The van der Waals surface area contributed by atoms with Crippen LogP contribution in [0.5, 0.6) is 0 Å². The number of Topliss-reactive ketones (excluding diaryl/α,β-unsaturated/α-hetero) is 1. The quantitative estimate of drug-likeness (QED) is 0.702. The zero-order chi connectivity index (χ0) is 11.4. The maximum Gasteiger partial charge on any atom is 0.147 e. The molecule has 0 amide bonds. The molecule has 0 spiro atoms. The third-order valence-corrected chi connectivity index (χ3v) is 3.21. The Morgan fingerprint density at radius 2 is 1.86 bits per heavy atom. The lowest BCUT2D eigenvalue weighted by molar-refractivity contribution is -0.126. The summed E-state index contributed by atoms with van der Waals surface area (Å²) in [6, 6.07) is 0. The second-order valence-corrected chi connectivity index (χ2v) is 6.50. The summed E-state index contributed by atoms with van der Waals surface area (Å²) in [5.41, 5.74) is 4.90. The molecule has 0 rings (SSSR count). The summed E-state index contributed by atoms with van der Waals surface area (Å²) in [7, 11) is -2.96. The van der Waals surface area contributed by atoms with Crippen molar-refractivity contribution >= 4 is 15.6 Å². The molecule has 5 heteroatoms. The number of ketones is 1. The van der Waals surface area contributed by atoms with Crippen LogP contribution in [-0.4, -0.2) is 32.8 Å². The Balaban J connectivity index is 3.99. The Hall–Kier alpha value is -0.420. The van der Waals surface area contributed by atoms with E-state index in [0.29, 0.717) is 13.0 Å². The highest BCUT2D eigenvalue weighted by Crippen LogP contribution is 2.17. The van der Waals surface area contributed by atoms with Gasteiger partial charge in [0.15, 0.2) is 0 Å². The van der Waals surface area contributed by atoms with Crippen molar-refractivity contribution in [3.05, 3.63) is 0 Å². The Kier molecular flexibility index (Phi) is 4.74. The van der Waals surface area contributed by atoms with Gasteiger partial charge in [-0.25, -0.2) is 8.42 Å². The van der Waals surface area contributed by atoms with Crippen LogP contribution in [0.4, 0.5) is 0 Å². The average molecular weight is 221 g/mol. The minimum absolute atomic E-state index is 0.0312. The molecule has 0 fully saturated rings. The maximum absolute atomic E-state index is 11.5. The highest BCUT2D eigenvalue weighted by Gasteiger charge is 2.24. The van der Waals surface area contributed by atoms with Crippen molar-refractivity contribution in [1.82, 2.24) is 0 Å². The van der Waals surface area contributed by atoms with Crippen LogP contribution in [0.15, 0.2) is 0 Å². The minimum atomic E-state index is -2.96. The second kappa shape index (κ2) is 4.89. The largest absolute Gasteiger partial charge is 0.329 e. The van der Waals surface area contributed by atoms with Crippen LogP contribution in [0.1, 0.15) is 26.7 Å². The molecule has 2 N–H and O–H groups in total. The van der Waals surface area contributed by atoms with Gasteiger partial charge in [-0.3, -0.25) is 4.79 Å². The SMILES string of the molecule is CC(C)(CN)C(=O)CCCS(C)(=O)=O. The van der Waals surface area contributed by atoms with E-state index >= 15 is 0 Å². The van der Waals surface area contributed by atoms with Gasteiger partial charge in [-0.05, 0) is 6.42 Å². The van der Waals surface area contributed by atoms with Crippen molar-refractivity contribution in [1.29, 1.82) is 0 Å². The summed E-state index contributed by atoms with van der Waals surface area (Å²) in [4.78, 5) is 11.5. The van der Waals surface area contributed by atoms with Crippen LogP contribution in [0.25, 0.3) is 0 Å². The van der Waals surface area contributed by atoms with E-state index in [-0.39, 0.29) is 18.0 Å². The molecule has 0 radical (unpaired) electrons. The Bertz CT molecular complexity index is 293. The lowest BCUT2D eigenvalue weighted by Gasteiger charge is -2.20. The molecule has 0 unspecified atom stereocenters. The zero-order valence-electron chi connectivity index (χ0n) is 9.04. The molecule has 84 valence electrons. The van der Waals surface area contributed by atoms with E-state index in [1.165, 1.54) is 6.26 Å². The predicted molar refractivity (Wildman–Crippen MR) is 56.8 cm³/mol. The smallest absolute Gasteiger partial charge is 0.147 e. The van der Waals surface area contributed by atoms with Crippen molar-refractivity contribution in [2.45, 2.75) is 26.7 Å². The molecule has 0 aliphatic rings. The van der Waals surface area contributed by atoms with E-state index in [9.17, 15) is 13.2 Å². The minimum Gasteiger partial charge on any atom is -0.329 e. The second-order valence-electron chi connectivity index (χ2n) is 4.24. The Morgan fingerprint density at radius 3 is 2.21 bits per heavy atom. The molecule has 0 aliphatic carbocycles. The summed E-state index contributed by atoms with van der Waals surface area (Å²) in [5, 5.41) is 0. The number of hydrogen-bond acceptors (Lipinski definition) is 4. The van der Waals surface area contributed by atoms with Crippen LogP contribution in [0, 0.1) is 5.41 Å². The van der Waals surface area contributed by atoms with Crippen molar-refractivity contribution in [3.63, 3.8) is 0 Å². The van der Waals surface area contributed by atoms with Crippen LogP contribution < -0.4 is 5.73 Å². The van der Waals surface area contributed by atoms with E-state index in [1.807, 2.05) is 0 Å². The van der Waals surface area contributed by atoms with Crippen LogP contribution in [-0.2, 0) is 14.6 Å². The number of nitrogens with two attached hydrogens (primary N) is 1. The normalized spacial score (nSPS) is 12.9. The molecule has 0 aromatic rings. The fourth-order valence-electron chi connectivity index (χ4n) is 0.947. The third kappa shape index (κ3) is 5.34. The number of carbonyl (C=O) groups is 1. The van der Waals surface area contributed by atoms with Gasteiger partial charge in [0.05, 0.1) is 5.75 Å². The Labute approximate surface area is 85.8 Å². The first-order chi connectivity index (χ1) is 6.19. The van der Waals surface area contributed by atoms with E-state index in [4.69, 9.17) is 5.73 Å². The molecule has 0 heterocycles. The van der Waals surface area contributed by atoms with Gasteiger partial charge in [0.25, 0.3) is 0 Å². The van der Waals surface area contributed by atoms with Crippen molar-refractivity contribution < 1.29 is 13.2 Å². The molecule has 0 aromatic heterocycles. The van der Waals surface area contributed by atoms with Crippen LogP contribution >= 0.6 is 0 Å². The van der Waals surface area contributed by atoms with Crippen molar-refractivity contribution in [2.75, 3.05) is 18.6 Å². The lowest BCUT2D eigenvalue weighted by atomic mass is 9.86. The van der Waals surface area contributed by atoms with Crippen LogP contribution in [0.3, 0.4) is 0 Å². The molecule has 0 bridgehead atoms. The van der Waals surface area contributed by atoms with E-state index in [1.54, 1.807) is 13.8 Å². The van der Waals surface area contributed by atoms with Gasteiger partial charge >= 0.3 is 0 Å². The topological polar surface area (TPSA) is 77.2 Å². The van der Waals surface area contributed by atoms with Gasteiger partial charge in [0.1, 0.15) is 15.6 Å². The number of hydrogen-bond donors (Lipinski definition) is 1. The predicted octanol–water partition coefficient (Wildman–Crippen LogP) is 0.365. The first kappa shape index (κ1) is 13.6. The third-order valence-electron chi connectivity index (χ3n) is 2.18. The zero-order valence-corrected chi connectivity index (χ0v) is 9.86. The highest BCUT2D eigenvalue weighted by atomic mass is 32.2. The van der Waals surface area contributed by atoms with Gasteiger partial charge in [0.2, 0.25) is 0 Å². The summed E-state index contributed by atoms with van der Waals surface area (Å²) in [6.45, 7) is 3.84. The summed E-state index contributed by atoms with van der Waals surface area (Å²) < 4.78 is 21.6. The highest BCUT2D eigenvalue weighted by molar-refractivity contribution is 7.90. The lowest BCUT2D eigenvalue weighted by Crippen LogP contribution is -2.32. The fourth-order valence-corrected chi connectivity index (χ4v) is 1.62. The number of rotatable bonds is 6. The molecular formula is C9H19NO3S. The Morgan fingerprint density at radius 1 is 1.36 bits per heavy atom. The van der Waals surface area contributed by atoms with Gasteiger partial charge < -0.3 is 5.73 Å². The average Bonchev–Trinajstić information content (AvgIpc) is 2.02. The number of carbonyl (C=O) groups excluding carboxylic acids is 1. The molecule has 14 heavy (non-hydrogen) atoms. The molecule has 4 nitrogen and oxygen atoms in total. The molecule has 0 saturated heterocycles.